The van der Waals surface area contributed by atoms with Gasteiger partial charge < -0.3 is 13.9 Å². The molecule has 0 saturated carbocycles. The Bertz CT molecular complexity index is 1520. The fraction of sp³-hybridized carbons (Fsp3) is 0.200. The Balaban J connectivity index is 2.13. The van der Waals surface area contributed by atoms with E-state index in [-0.39, 0.29) is 46.3 Å². The highest BCUT2D eigenvalue weighted by molar-refractivity contribution is 6.38. The van der Waals surface area contributed by atoms with Crippen LogP contribution in [-0.2, 0) is 9.47 Å². The number of ether oxygens (including phenoxy) is 2. The SMILES string of the molecule is CCOC(=O)c1c(-c2c(Cl)c3cc(C)ccc3oc2=O)nn(-c2cccc(Cl)c2)c1C(=O)OCC. The Hall–Kier alpha value is -3.62. The van der Waals surface area contributed by atoms with E-state index < -0.39 is 17.6 Å². The largest absolute Gasteiger partial charge is 0.462 e. The summed E-state index contributed by atoms with van der Waals surface area (Å²) < 4.78 is 17.1. The summed E-state index contributed by atoms with van der Waals surface area (Å²) in [5.74, 6) is -1.72. The summed E-state index contributed by atoms with van der Waals surface area (Å²) in [4.78, 5) is 39.3. The number of carbonyl (C=O) groups is 2. The molecule has 180 valence electrons. The van der Waals surface area contributed by atoms with Crippen molar-refractivity contribution in [1.29, 1.82) is 0 Å². The Kier molecular flexibility index (Phi) is 6.95. The van der Waals surface area contributed by atoms with Crippen LogP contribution in [-0.4, -0.2) is 34.9 Å². The molecule has 0 fully saturated rings. The van der Waals surface area contributed by atoms with Crippen LogP contribution in [0, 0.1) is 6.92 Å². The first-order valence-electron chi connectivity index (χ1n) is 10.7. The highest BCUT2D eigenvalue weighted by Gasteiger charge is 2.34. The molecule has 0 aliphatic carbocycles. The molecule has 0 aliphatic rings. The van der Waals surface area contributed by atoms with Gasteiger partial charge in [0.1, 0.15) is 22.4 Å². The molecular formula is C25H20Cl2N2O6. The second-order valence-corrected chi connectivity index (χ2v) is 8.30. The molecule has 0 N–H and O–H groups in total. The molecule has 4 aromatic rings. The average Bonchev–Trinajstić information content (AvgIpc) is 3.20. The first-order valence-corrected chi connectivity index (χ1v) is 11.5. The Morgan fingerprint density at radius 2 is 1.74 bits per heavy atom. The molecule has 10 heteroatoms. The molecule has 0 unspecified atom stereocenters. The first kappa shape index (κ1) is 24.5. The van der Waals surface area contributed by atoms with Gasteiger partial charge in [0.15, 0.2) is 5.69 Å². The highest BCUT2D eigenvalue weighted by Crippen LogP contribution is 2.36. The van der Waals surface area contributed by atoms with Crippen molar-refractivity contribution in [2.24, 2.45) is 0 Å². The van der Waals surface area contributed by atoms with Gasteiger partial charge in [-0.2, -0.15) is 5.10 Å². The summed E-state index contributed by atoms with van der Waals surface area (Å²) >= 11 is 12.8. The van der Waals surface area contributed by atoms with Crippen LogP contribution in [0.25, 0.3) is 27.9 Å². The van der Waals surface area contributed by atoms with Crippen molar-refractivity contribution in [3.63, 3.8) is 0 Å². The maximum Gasteiger partial charge on any atom is 0.357 e. The third-order valence-electron chi connectivity index (χ3n) is 5.12. The minimum atomic E-state index is -0.876. The molecule has 0 radical (unpaired) electrons. The summed E-state index contributed by atoms with van der Waals surface area (Å²) in [6, 6.07) is 11.6. The smallest absolute Gasteiger partial charge is 0.357 e. The number of aromatic nitrogens is 2. The van der Waals surface area contributed by atoms with Crippen molar-refractivity contribution in [3.8, 4) is 16.9 Å². The van der Waals surface area contributed by atoms with Crippen LogP contribution < -0.4 is 5.63 Å². The lowest BCUT2D eigenvalue weighted by Crippen LogP contribution is -2.17. The minimum Gasteiger partial charge on any atom is -0.462 e. The zero-order valence-corrected chi connectivity index (χ0v) is 20.6. The molecule has 2 aromatic carbocycles. The third-order valence-corrected chi connectivity index (χ3v) is 5.75. The molecule has 35 heavy (non-hydrogen) atoms. The number of hydrogen-bond acceptors (Lipinski definition) is 7. The number of benzene rings is 2. The van der Waals surface area contributed by atoms with Crippen LogP contribution in [0.4, 0.5) is 0 Å². The molecule has 4 rings (SSSR count). The summed E-state index contributed by atoms with van der Waals surface area (Å²) in [5, 5.41) is 5.30. The fourth-order valence-corrected chi connectivity index (χ4v) is 4.15. The lowest BCUT2D eigenvalue weighted by Gasteiger charge is -2.09. The number of fused-ring (bicyclic) bond motifs is 1. The van der Waals surface area contributed by atoms with Gasteiger partial charge in [-0.25, -0.2) is 19.1 Å². The Morgan fingerprint density at radius 1 is 1.03 bits per heavy atom. The molecule has 0 atom stereocenters. The molecule has 2 heterocycles. The van der Waals surface area contributed by atoms with E-state index in [2.05, 4.69) is 5.10 Å². The number of carbonyl (C=O) groups excluding carboxylic acids is 2. The monoisotopic (exact) mass is 514 g/mol. The van der Waals surface area contributed by atoms with E-state index in [1.807, 2.05) is 6.92 Å². The van der Waals surface area contributed by atoms with E-state index in [9.17, 15) is 14.4 Å². The van der Waals surface area contributed by atoms with E-state index >= 15 is 0 Å². The van der Waals surface area contributed by atoms with Crippen molar-refractivity contribution in [2.45, 2.75) is 20.8 Å². The fourth-order valence-electron chi connectivity index (χ4n) is 3.65. The van der Waals surface area contributed by atoms with Crippen molar-refractivity contribution < 1.29 is 23.5 Å². The second-order valence-electron chi connectivity index (χ2n) is 7.48. The summed E-state index contributed by atoms with van der Waals surface area (Å²) in [7, 11) is 0. The van der Waals surface area contributed by atoms with Crippen molar-refractivity contribution >= 4 is 46.1 Å². The van der Waals surface area contributed by atoms with Crippen molar-refractivity contribution in [2.75, 3.05) is 13.2 Å². The second kappa shape index (κ2) is 9.93. The zero-order chi connectivity index (χ0) is 25.3. The topological polar surface area (TPSA) is 101 Å². The summed E-state index contributed by atoms with van der Waals surface area (Å²) in [5.41, 5.74) is -0.187. The van der Waals surface area contributed by atoms with Crippen LogP contribution >= 0.6 is 23.2 Å². The number of esters is 2. The molecule has 2 aromatic heterocycles. The van der Waals surface area contributed by atoms with Gasteiger partial charge in [0.2, 0.25) is 0 Å². The van der Waals surface area contributed by atoms with Gasteiger partial charge in [-0.05, 0) is 51.1 Å². The van der Waals surface area contributed by atoms with Gasteiger partial charge in [-0.15, -0.1) is 0 Å². The molecule has 0 saturated heterocycles. The molecule has 0 bridgehead atoms. The molecule has 0 spiro atoms. The van der Waals surface area contributed by atoms with Gasteiger partial charge in [0, 0.05) is 10.4 Å². The molecular weight excluding hydrogens is 495 g/mol. The third kappa shape index (κ3) is 4.54. The van der Waals surface area contributed by atoms with Gasteiger partial charge in [0.05, 0.1) is 23.9 Å². The number of aryl methyl sites for hydroxylation is 1. The van der Waals surface area contributed by atoms with Gasteiger partial charge >= 0.3 is 17.6 Å². The number of hydrogen-bond donors (Lipinski definition) is 0. The lowest BCUT2D eigenvalue weighted by molar-refractivity contribution is 0.0473. The van der Waals surface area contributed by atoms with Crippen LogP contribution in [0.5, 0.6) is 0 Å². The maximum absolute atomic E-state index is 13.1. The van der Waals surface area contributed by atoms with E-state index in [0.717, 1.165) is 5.56 Å². The summed E-state index contributed by atoms with van der Waals surface area (Å²) in [6.07, 6.45) is 0. The minimum absolute atomic E-state index is 0.0160. The molecule has 0 aliphatic heterocycles. The van der Waals surface area contributed by atoms with Gasteiger partial charge in [-0.1, -0.05) is 40.9 Å². The van der Waals surface area contributed by atoms with E-state index in [1.165, 1.54) is 4.68 Å². The summed E-state index contributed by atoms with van der Waals surface area (Å²) in [6.45, 7) is 5.15. The first-order chi connectivity index (χ1) is 16.8. The number of nitrogens with zero attached hydrogens (tertiary/aromatic N) is 2. The van der Waals surface area contributed by atoms with Crippen molar-refractivity contribution in [3.05, 3.63) is 79.8 Å². The number of halogens is 2. The van der Waals surface area contributed by atoms with E-state index in [4.69, 9.17) is 37.1 Å². The number of rotatable bonds is 6. The van der Waals surface area contributed by atoms with Gasteiger partial charge in [0.25, 0.3) is 0 Å². The van der Waals surface area contributed by atoms with Crippen LogP contribution in [0.1, 0.15) is 40.3 Å². The Morgan fingerprint density at radius 3 is 2.43 bits per heavy atom. The average molecular weight is 515 g/mol. The van der Waals surface area contributed by atoms with Crippen LogP contribution in [0.15, 0.2) is 51.7 Å². The lowest BCUT2D eigenvalue weighted by atomic mass is 10.0. The Labute approximate surface area is 210 Å². The van der Waals surface area contributed by atoms with E-state index in [0.29, 0.717) is 16.1 Å². The highest BCUT2D eigenvalue weighted by atomic mass is 35.5. The quantitative estimate of drug-likeness (QED) is 0.243. The van der Waals surface area contributed by atoms with Gasteiger partial charge in [-0.3, -0.25) is 0 Å². The maximum atomic E-state index is 13.1. The predicted molar refractivity (Wildman–Crippen MR) is 132 cm³/mol. The normalized spacial score (nSPS) is 11.0. The molecule has 8 nitrogen and oxygen atoms in total. The zero-order valence-electron chi connectivity index (χ0n) is 19.1. The molecule has 0 amide bonds. The van der Waals surface area contributed by atoms with Crippen LogP contribution in [0.2, 0.25) is 10.0 Å². The standard InChI is InChI=1S/C25H20Cl2N2O6/c1-4-33-23(30)19-21(18-20(27)16-11-13(3)9-10-17(16)35-24(18)31)28-29(22(19)25(32)34-5-2)15-8-6-7-14(26)12-15/h6-12H,4-5H2,1-3H3. The van der Waals surface area contributed by atoms with Crippen molar-refractivity contribution in [1.82, 2.24) is 9.78 Å². The van der Waals surface area contributed by atoms with Crippen LogP contribution in [0.3, 0.4) is 0 Å². The predicted octanol–water partition coefficient (Wildman–Crippen LogP) is 5.61. The van der Waals surface area contributed by atoms with E-state index in [1.54, 1.807) is 56.3 Å².